The van der Waals surface area contributed by atoms with Crippen LogP contribution < -0.4 is 4.57 Å². The smallest absolute Gasteiger partial charge is 0.192 e. The molecule has 3 rings (SSSR count). The highest BCUT2D eigenvalue weighted by molar-refractivity contribution is 7.22. The van der Waals surface area contributed by atoms with E-state index < -0.39 is 0 Å². The fourth-order valence-corrected chi connectivity index (χ4v) is 3.47. The number of rotatable bonds is 2. The van der Waals surface area contributed by atoms with Crippen LogP contribution in [0.25, 0.3) is 14.8 Å². The molecule has 0 aromatic carbocycles. The van der Waals surface area contributed by atoms with Crippen molar-refractivity contribution in [1.82, 2.24) is 0 Å². The topological polar surface area (TPSA) is 27.7 Å². The molecule has 3 aromatic rings. The van der Waals surface area contributed by atoms with E-state index in [0.717, 1.165) is 5.00 Å². The number of hydrogen-bond donors (Lipinski definition) is 0. The van der Waals surface area contributed by atoms with Crippen LogP contribution in [-0.2, 0) is 0 Å². The van der Waals surface area contributed by atoms with Crippen molar-refractivity contribution in [2.75, 3.05) is 0 Å². The lowest BCUT2D eigenvalue weighted by Crippen LogP contribution is -2.27. The molecular formula is C14H9N2S2+. The van der Waals surface area contributed by atoms with Gasteiger partial charge in [0.1, 0.15) is 0 Å². The minimum atomic E-state index is 0.682. The molecule has 0 radical (unpaired) electrons. The third kappa shape index (κ3) is 2.06. The Hall–Kier alpha value is -1.96. The van der Waals surface area contributed by atoms with Gasteiger partial charge in [-0.05, 0) is 17.5 Å². The van der Waals surface area contributed by atoms with Gasteiger partial charge in [-0.2, -0.15) is 9.83 Å². The van der Waals surface area contributed by atoms with Crippen LogP contribution in [0.4, 0.5) is 0 Å². The van der Waals surface area contributed by atoms with Gasteiger partial charge >= 0.3 is 0 Å². The van der Waals surface area contributed by atoms with Crippen LogP contribution in [0.15, 0.2) is 54.2 Å². The van der Waals surface area contributed by atoms with Crippen molar-refractivity contribution in [3.63, 3.8) is 0 Å². The predicted molar refractivity (Wildman–Crippen MR) is 73.9 cm³/mol. The summed E-state index contributed by atoms with van der Waals surface area (Å²) in [5.41, 5.74) is 0.682. The van der Waals surface area contributed by atoms with Gasteiger partial charge in [0.05, 0.1) is 16.5 Å². The molecule has 0 aliphatic heterocycles. The van der Waals surface area contributed by atoms with E-state index in [1.54, 1.807) is 22.7 Å². The summed E-state index contributed by atoms with van der Waals surface area (Å²) in [6.45, 7) is 0. The quantitative estimate of drug-likeness (QED) is 0.653. The Bertz CT molecular complexity index is 688. The number of hydrogen-bond acceptors (Lipinski definition) is 3. The van der Waals surface area contributed by atoms with E-state index in [9.17, 15) is 0 Å². The van der Waals surface area contributed by atoms with Crippen LogP contribution in [0.3, 0.4) is 0 Å². The van der Waals surface area contributed by atoms with Crippen LogP contribution >= 0.6 is 22.7 Å². The Labute approximate surface area is 113 Å². The highest BCUT2D eigenvalue weighted by atomic mass is 32.1. The lowest BCUT2D eigenvalue weighted by molar-refractivity contribution is -0.591. The van der Waals surface area contributed by atoms with E-state index in [1.807, 2.05) is 29.1 Å². The molecule has 0 bridgehead atoms. The molecule has 0 N–H and O–H groups in total. The molecule has 0 fully saturated rings. The molecule has 0 saturated heterocycles. The molecule has 0 atom stereocenters. The van der Waals surface area contributed by atoms with Crippen LogP contribution in [0.1, 0.15) is 5.56 Å². The summed E-state index contributed by atoms with van der Waals surface area (Å²) in [5.74, 6) is 0. The van der Waals surface area contributed by atoms with Crippen molar-refractivity contribution >= 4 is 22.7 Å². The Morgan fingerprint density at radius 2 is 1.83 bits per heavy atom. The van der Waals surface area contributed by atoms with Gasteiger partial charge in [0.25, 0.3) is 5.00 Å². The number of pyridine rings is 1. The molecule has 86 valence electrons. The molecule has 0 aliphatic carbocycles. The normalized spacial score (nSPS) is 10.2. The van der Waals surface area contributed by atoms with E-state index in [2.05, 4.69) is 35.7 Å². The van der Waals surface area contributed by atoms with Crippen LogP contribution in [0.5, 0.6) is 0 Å². The van der Waals surface area contributed by atoms with Gasteiger partial charge in [0.15, 0.2) is 12.4 Å². The third-order valence-corrected chi connectivity index (χ3v) is 4.73. The van der Waals surface area contributed by atoms with Crippen molar-refractivity contribution in [2.45, 2.75) is 0 Å². The summed E-state index contributed by atoms with van der Waals surface area (Å²) < 4.78 is 2.03. The van der Waals surface area contributed by atoms with Crippen molar-refractivity contribution < 1.29 is 4.57 Å². The van der Waals surface area contributed by atoms with Crippen molar-refractivity contribution in [1.29, 1.82) is 5.26 Å². The first-order valence-corrected chi connectivity index (χ1v) is 7.12. The maximum absolute atomic E-state index is 8.77. The Morgan fingerprint density at radius 1 is 1.00 bits per heavy atom. The number of aromatic nitrogens is 1. The van der Waals surface area contributed by atoms with Crippen LogP contribution in [0, 0.1) is 11.3 Å². The SMILES string of the molecule is N#Cc1cc[n+](-c2ccc(-c3cccs3)s2)cc1. The van der Waals surface area contributed by atoms with E-state index in [4.69, 9.17) is 5.26 Å². The first-order chi connectivity index (χ1) is 8.86. The van der Waals surface area contributed by atoms with Gasteiger partial charge in [-0.1, -0.05) is 17.4 Å². The maximum atomic E-state index is 8.77. The second-order valence-corrected chi connectivity index (χ2v) is 5.73. The molecule has 4 heteroatoms. The van der Waals surface area contributed by atoms with Crippen LogP contribution in [0.2, 0.25) is 0 Å². The van der Waals surface area contributed by atoms with Gasteiger partial charge in [-0.15, -0.1) is 11.3 Å². The molecule has 0 saturated carbocycles. The largest absolute Gasteiger partial charge is 0.267 e. The summed E-state index contributed by atoms with van der Waals surface area (Å²) >= 11 is 3.50. The molecule has 0 unspecified atom stereocenters. The Kier molecular flexibility index (Phi) is 2.93. The van der Waals surface area contributed by atoms with Gasteiger partial charge in [-0.25, -0.2) is 0 Å². The molecule has 18 heavy (non-hydrogen) atoms. The number of nitriles is 1. The molecule has 0 aliphatic rings. The number of thiophene rings is 2. The van der Waals surface area contributed by atoms with Crippen molar-refractivity contribution in [3.8, 4) is 20.8 Å². The van der Waals surface area contributed by atoms with Gasteiger partial charge in [-0.3, -0.25) is 0 Å². The fraction of sp³-hybridized carbons (Fsp3) is 0. The second-order valence-electron chi connectivity index (χ2n) is 3.72. The first kappa shape index (κ1) is 11.1. The monoisotopic (exact) mass is 269 g/mol. The first-order valence-electron chi connectivity index (χ1n) is 5.42. The standard InChI is InChI=1S/C14H9N2S2/c15-10-11-5-7-16(8-6-11)14-4-3-13(18-14)12-2-1-9-17-12/h1-9H/q+1. The molecule has 3 heterocycles. The summed E-state index contributed by atoms with van der Waals surface area (Å²) in [6, 6.07) is 14.2. The zero-order chi connectivity index (χ0) is 12.4. The number of nitrogens with zero attached hydrogens (tertiary/aromatic N) is 2. The maximum Gasteiger partial charge on any atom is 0.267 e. The minimum absolute atomic E-state index is 0.682. The fourth-order valence-electron chi connectivity index (χ4n) is 1.67. The highest BCUT2D eigenvalue weighted by Crippen LogP contribution is 2.31. The summed E-state index contributed by atoms with van der Waals surface area (Å²) in [6.07, 6.45) is 3.84. The molecule has 2 nitrogen and oxygen atoms in total. The van der Waals surface area contributed by atoms with E-state index >= 15 is 0 Å². The third-order valence-electron chi connectivity index (χ3n) is 2.57. The molecular weight excluding hydrogens is 260 g/mol. The lowest BCUT2D eigenvalue weighted by Gasteiger charge is -1.90. The average molecular weight is 269 g/mol. The zero-order valence-corrected chi connectivity index (χ0v) is 11.0. The lowest BCUT2D eigenvalue weighted by atomic mass is 10.3. The van der Waals surface area contributed by atoms with Gasteiger partial charge < -0.3 is 0 Å². The highest BCUT2D eigenvalue weighted by Gasteiger charge is 2.11. The Balaban J connectivity index is 1.95. The minimum Gasteiger partial charge on any atom is -0.192 e. The van der Waals surface area contributed by atoms with Crippen molar-refractivity contribution in [2.24, 2.45) is 0 Å². The van der Waals surface area contributed by atoms with Gasteiger partial charge in [0.2, 0.25) is 0 Å². The Morgan fingerprint density at radius 3 is 2.50 bits per heavy atom. The van der Waals surface area contributed by atoms with E-state index in [0.29, 0.717) is 5.56 Å². The molecule has 3 aromatic heterocycles. The van der Waals surface area contributed by atoms with E-state index in [-0.39, 0.29) is 0 Å². The second kappa shape index (κ2) is 4.73. The summed E-state index contributed by atoms with van der Waals surface area (Å²) in [7, 11) is 0. The van der Waals surface area contributed by atoms with E-state index in [1.165, 1.54) is 9.75 Å². The van der Waals surface area contributed by atoms with Gasteiger partial charge in [0, 0.05) is 23.1 Å². The predicted octanol–water partition coefficient (Wildman–Crippen LogP) is 3.62. The molecule has 0 spiro atoms. The average Bonchev–Trinajstić information content (AvgIpc) is 3.09. The van der Waals surface area contributed by atoms with Crippen molar-refractivity contribution in [3.05, 3.63) is 59.7 Å². The van der Waals surface area contributed by atoms with Crippen LogP contribution in [-0.4, -0.2) is 0 Å². The summed E-state index contributed by atoms with van der Waals surface area (Å²) in [5, 5.41) is 12.0. The molecule has 0 amide bonds. The summed E-state index contributed by atoms with van der Waals surface area (Å²) in [4.78, 5) is 2.57. The zero-order valence-electron chi connectivity index (χ0n) is 9.41.